The minimum absolute atomic E-state index is 0.197. The molecular weight excluding hydrogens is 558 g/mol. The first-order valence-electron chi connectivity index (χ1n) is 15.4. The Morgan fingerprint density at radius 1 is 1.00 bits per heavy atom. The number of rotatable bonds is 19. The lowest BCUT2D eigenvalue weighted by atomic mass is 9.93. The van der Waals surface area contributed by atoms with Crippen molar-refractivity contribution in [2.75, 3.05) is 92.3 Å². The summed E-state index contributed by atoms with van der Waals surface area (Å²) in [5, 5.41) is 7.47. The SMILES string of the molecule is C=CC(=O)NCCOCCOCCOCCNc1ccc2c([C@H]3CN(Cc4ccccc4OC)C[C@@H]3N(C)C)cn(C)c2c1. The molecule has 1 aromatic heterocycles. The monoisotopic (exact) mass is 607 g/mol. The summed E-state index contributed by atoms with van der Waals surface area (Å²) < 4.78 is 24.5. The van der Waals surface area contributed by atoms with E-state index in [1.54, 1.807) is 7.11 Å². The number of para-hydroxylation sites is 1. The fourth-order valence-electron chi connectivity index (χ4n) is 5.85. The lowest BCUT2D eigenvalue weighted by Gasteiger charge is -2.25. The standard InChI is InChI=1S/C34H49N5O5/c1-6-34(40)36-14-16-43-18-20-44-19-17-42-15-13-35-27-11-12-28-29(23-38(4)31(28)21-27)30-24-39(25-32(30)37(2)3)22-26-9-7-8-10-33(26)41-5/h6-12,21,23,30,32,35H,1,13-20,22,24-25H2,2-5H3,(H,36,40)/t30-,32+/m1/s1. The highest BCUT2D eigenvalue weighted by molar-refractivity contribution is 5.88. The van der Waals surface area contributed by atoms with Crippen molar-refractivity contribution in [3.63, 3.8) is 0 Å². The molecule has 3 aromatic rings. The summed E-state index contributed by atoms with van der Waals surface area (Å²) in [6, 6.07) is 15.4. The van der Waals surface area contributed by atoms with E-state index >= 15 is 0 Å². The van der Waals surface area contributed by atoms with E-state index in [9.17, 15) is 4.79 Å². The number of anilines is 1. The first-order valence-corrected chi connectivity index (χ1v) is 15.4. The van der Waals surface area contributed by atoms with Crippen LogP contribution in [0.25, 0.3) is 10.9 Å². The third-order valence-corrected chi connectivity index (χ3v) is 8.09. The van der Waals surface area contributed by atoms with Crippen LogP contribution in [-0.2, 0) is 32.6 Å². The molecule has 0 unspecified atom stereocenters. The fraction of sp³-hybridized carbons (Fsp3) is 0.500. The van der Waals surface area contributed by atoms with E-state index < -0.39 is 0 Å². The number of fused-ring (bicyclic) bond motifs is 1. The predicted molar refractivity (Wildman–Crippen MR) is 176 cm³/mol. The second-order valence-corrected chi connectivity index (χ2v) is 11.3. The summed E-state index contributed by atoms with van der Waals surface area (Å²) in [6.07, 6.45) is 3.56. The topological polar surface area (TPSA) is 89.5 Å². The normalized spacial score (nSPS) is 16.9. The summed E-state index contributed by atoms with van der Waals surface area (Å²) in [4.78, 5) is 16.0. The molecule has 10 nitrogen and oxygen atoms in total. The largest absolute Gasteiger partial charge is 0.496 e. The number of amides is 1. The van der Waals surface area contributed by atoms with E-state index in [0.717, 1.165) is 31.1 Å². The molecule has 1 aliphatic heterocycles. The molecule has 1 amide bonds. The summed E-state index contributed by atoms with van der Waals surface area (Å²) in [7, 11) is 8.26. The van der Waals surface area contributed by atoms with Crippen molar-refractivity contribution < 1.29 is 23.7 Å². The first-order chi connectivity index (χ1) is 21.4. The van der Waals surface area contributed by atoms with Crippen LogP contribution in [0, 0.1) is 0 Å². The van der Waals surface area contributed by atoms with Crippen molar-refractivity contribution in [3.8, 4) is 5.75 Å². The molecule has 2 aromatic carbocycles. The van der Waals surface area contributed by atoms with E-state index in [1.165, 1.54) is 28.1 Å². The van der Waals surface area contributed by atoms with Gasteiger partial charge < -0.3 is 39.0 Å². The van der Waals surface area contributed by atoms with Gasteiger partial charge in [0.05, 0.1) is 52.3 Å². The highest BCUT2D eigenvalue weighted by atomic mass is 16.5. The van der Waals surface area contributed by atoms with Crippen molar-refractivity contribution in [1.82, 2.24) is 19.7 Å². The second kappa shape index (κ2) is 17.2. The van der Waals surface area contributed by atoms with E-state index in [2.05, 4.69) is 89.3 Å². The molecule has 2 heterocycles. The van der Waals surface area contributed by atoms with Gasteiger partial charge in [-0.1, -0.05) is 30.8 Å². The number of nitrogens with zero attached hydrogens (tertiary/aromatic N) is 3. The molecule has 0 radical (unpaired) electrons. The van der Waals surface area contributed by atoms with Crippen LogP contribution in [0.4, 0.5) is 5.69 Å². The average molecular weight is 608 g/mol. The van der Waals surface area contributed by atoms with E-state index in [4.69, 9.17) is 18.9 Å². The number of methoxy groups -OCH3 is 1. The van der Waals surface area contributed by atoms with Crippen LogP contribution in [0.2, 0.25) is 0 Å². The summed E-state index contributed by atoms with van der Waals surface area (Å²) in [6.45, 7) is 10.5. The molecule has 2 N–H and O–H groups in total. The Morgan fingerprint density at radius 3 is 2.41 bits per heavy atom. The maximum absolute atomic E-state index is 11.0. The number of carbonyl (C=O) groups is 1. The lowest BCUT2D eigenvalue weighted by Crippen LogP contribution is -2.34. The summed E-state index contributed by atoms with van der Waals surface area (Å²) >= 11 is 0. The second-order valence-electron chi connectivity index (χ2n) is 11.3. The number of ether oxygens (including phenoxy) is 4. The zero-order valence-corrected chi connectivity index (χ0v) is 26.7. The van der Waals surface area contributed by atoms with Gasteiger partial charge in [-0.05, 0) is 43.9 Å². The molecule has 44 heavy (non-hydrogen) atoms. The minimum atomic E-state index is -0.197. The number of aryl methyl sites for hydroxylation is 1. The molecule has 10 heteroatoms. The summed E-state index contributed by atoms with van der Waals surface area (Å²) in [5.74, 6) is 1.17. The molecule has 240 valence electrons. The molecular formula is C34H49N5O5. The molecule has 1 fully saturated rings. The van der Waals surface area contributed by atoms with Gasteiger partial charge in [0.25, 0.3) is 0 Å². The maximum atomic E-state index is 11.0. The van der Waals surface area contributed by atoms with Gasteiger partial charge in [-0.2, -0.15) is 0 Å². The Bertz CT molecular complexity index is 1340. The molecule has 2 atom stereocenters. The van der Waals surface area contributed by atoms with Crippen LogP contribution in [0.5, 0.6) is 5.75 Å². The van der Waals surface area contributed by atoms with Crippen molar-refractivity contribution in [1.29, 1.82) is 0 Å². The van der Waals surface area contributed by atoms with Crippen LogP contribution in [0.15, 0.2) is 61.3 Å². The lowest BCUT2D eigenvalue weighted by molar-refractivity contribution is -0.116. The van der Waals surface area contributed by atoms with Crippen molar-refractivity contribution >= 4 is 22.5 Å². The maximum Gasteiger partial charge on any atom is 0.243 e. The zero-order valence-electron chi connectivity index (χ0n) is 26.7. The highest BCUT2D eigenvalue weighted by Crippen LogP contribution is 2.37. The number of hydrogen-bond donors (Lipinski definition) is 2. The van der Waals surface area contributed by atoms with Gasteiger partial charge in [-0.15, -0.1) is 0 Å². The van der Waals surface area contributed by atoms with Gasteiger partial charge in [-0.3, -0.25) is 9.69 Å². The zero-order chi connectivity index (χ0) is 31.3. The van der Waals surface area contributed by atoms with Gasteiger partial charge in [0.15, 0.2) is 0 Å². The van der Waals surface area contributed by atoms with Crippen molar-refractivity contribution in [2.45, 2.75) is 18.5 Å². The van der Waals surface area contributed by atoms with Gasteiger partial charge in [0, 0.05) is 74.6 Å². The van der Waals surface area contributed by atoms with E-state index in [1.807, 2.05) is 12.1 Å². The molecule has 0 spiro atoms. The Kier molecular flexibility index (Phi) is 13.1. The number of hydrogen-bond acceptors (Lipinski definition) is 8. The fourth-order valence-corrected chi connectivity index (χ4v) is 5.85. The van der Waals surface area contributed by atoms with Gasteiger partial charge in [0.2, 0.25) is 5.91 Å². The number of carbonyl (C=O) groups excluding carboxylic acids is 1. The number of likely N-dealkylation sites (N-methyl/N-ethyl adjacent to an activating group) is 1. The number of aromatic nitrogens is 1. The van der Waals surface area contributed by atoms with Crippen molar-refractivity contribution in [2.24, 2.45) is 7.05 Å². The van der Waals surface area contributed by atoms with E-state index in [0.29, 0.717) is 64.7 Å². The van der Waals surface area contributed by atoms with Gasteiger partial charge in [-0.25, -0.2) is 0 Å². The smallest absolute Gasteiger partial charge is 0.243 e. The van der Waals surface area contributed by atoms with Crippen LogP contribution >= 0.6 is 0 Å². The number of nitrogens with one attached hydrogen (secondary N) is 2. The molecule has 4 rings (SSSR count). The molecule has 0 aliphatic carbocycles. The Balaban J connectivity index is 1.22. The molecule has 0 saturated carbocycles. The van der Waals surface area contributed by atoms with Crippen LogP contribution in [-0.4, -0.2) is 113 Å². The van der Waals surface area contributed by atoms with Gasteiger partial charge >= 0.3 is 0 Å². The Hall–Kier alpha value is -3.41. The van der Waals surface area contributed by atoms with Crippen molar-refractivity contribution in [3.05, 3.63) is 72.4 Å². The first kappa shape index (κ1) is 33.5. The summed E-state index contributed by atoms with van der Waals surface area (Å²) in [5.41, 5.74) is 4.95. The third-order valence-electron chi connectivity index (χ3n) is 8.09. The molecule has 0 bridgehead atoms. The molecule has 1 aliphatic rings. The number of likely N-dealkylation sites (tertiary alicyclic amines) is 1. The third kappa shape index (κ3) is 9.30. The minimum Gasteiger partial charge on any atom is -0.496 e. The van der Waals surface area contributed by atoms with E-state index in [-0.39, 0.29) is 5.91 Å². The predicted octanol–water partition coefficient (Wildman–Crippen LogP) is 3.48. The van der Waals surface area contributed by atoms with Gasteiger partial charge in [0.1, 0.15) is 5.75 Å². The van der Waals surface area contributed by atoms with Crippen LogP contribution in [0.3, 0.4) is 0 Å². The van der Waals surface area contributed by atoms with Crippen LogP contribution < -0.4 is 15.4 Å². The molecule has 1 saturated heterocycles. The van der Waals surface area contributed by atoms with Crippen LogP contribution in [0.1, 0.15) is 17.0 Å². The Morgan fingerprint density at radius 2 is 1.70 bits per heavy atom. The average Bonchev–Trinajstić information content (AvgIpc) is 3.60. The number of benzene rings is 2. The highest BCUT2D eigenvalue weighted by Gasteiger charge is 2.36. The Labute approximate surface area is 261 Å². The quantitative estimate of drug-likeness (QED) is 0.158.